The summed E-state index contributed by atoms with van der Waals surface area (Å²) in [6.07, 6.45) is 0. The Morgan fingerprint density at radius 1 is 1.10 bits per heavy atom. The van der Waals surface area contributed by atoms with Crippen molar-refractivity contribution >= 4 is 50.7 Å². The standard InChI is InChI=1S/C12H7IN4O3/c13-7-1-3-8(4-2-7)14-9-5-6-10(17(18)19)12-11(9)15-20-16-12/h1-6,14H. The van der Waals surface area contributed by atoms with Gasteiger partial charge in [-0.2, -0.15) is 0 Å². The van der Waals surface area contributed by atoms with Gasteiger partial charge in [-0.3, -0.25) is 10.1 Å². The SMILES string of the molecule is O=[N+]([O-])c1ccc(Nc2ccc(I)cc2)c2nonc12. The van der Waals surface area contributed by atoms with Crippen LogP contribution in [0.5, 0.6) is 0 Å². The molecule has 1 heterocycles. The number of aromatic nitrogens is 2. The number of rotatable bonds is 3. The van der Waals surface area contributed by atoms with Gasteiger partial charge in [0.05, 0.1) is 10.6 Å². The third-order valence-corrected chi connectivity index (χ3v) is 3.43. The minimum absolute atomic E-state index is 0.130. The number of non-ortho nitro benzene ring substituents is 1. The summed E-state index contributed by atoms with van der Waals surface area (Å²) in [6, 6.07) is 10.7. The Bertz CT molecular complexity index is 785. The summed E-state index contributed by atoms with van der Waals surface area (Å²) in [5.74, 6) is 0. The summed E-state index contributed by atoms with van der Waals surface area (Å²) in [4.78, 5) is 10.4. The first-order valence-electron chi connectivity index (χ1n) is 5.57. The summed E-state index contributed by atoms with van der Waals surface area (Å²) in [5, 5.41) is 21.3. The minimum atomic E-state index is -0.513. The molecule has 0 spiro atoms. The molecule has 7 nitrogen and oxygen atoms in total. The Kier molecular flexibility index (Phi) is 3.22. The Morgan fingerprint density at radius 2 is 1.80 bits per heavy atom. The first-order chi connectivity index (χ1) is 9.65. The van der Waals surface area contributed by atoms with E-state index in [0.29, 0.717) is 11.2 Å². The second-order valence-corrected chi connectivity index (χ2v) is 5.23. The molecule has 0 fully saturated rings. The van der Waals surface area contributed by atoms with Gasteiger partial charge in [-0.25, -0.2) is 4.63 Å². The molecule has 8 heteroatoms. The highest BCUT2D eigenvalue weighted by Gasteiger charge is 2.19. The van der Waals surface area contributed by atoms with Gasteiger partial charge in [0.2, 0.25) is 5.52 Å². The van der Waals surface area contributed by atoms with Crippen LogP contribution in [-0.4, -0.2) is 15.2 Å². The summed E-state index contributed by atoms with van der Waals surface area (Å²) in [6.45, 7) is 0. The van der Waals surface area contributed by atoms with Crippen molar-refractivity contribution in [1.29, 1.82) is 0 Å². The molecular formula is C12H7IN4O3. The second kappa shape index (κ2) is 5.04. The van der Waals surface area contributed by atoms with Crippen molar-refractivity contribution in [1.82, 2.24) is 10.3 Å². The number of nitro groups is 1. The van der Waals surface area contributed by atoms with Crippen molar-refractivity contribution in [2.24, 2.45) is 0 Å². The Morgan fingerprint density at radius 3 is 2.50 bits per heavy atom. The maximum Gasteiger partial charge on any atom is 0.300 e. The third-order valence-electron chi connectivity index (χ3n) is 2.71. The monoisotopic (exact) mass is 382 g/mol. The van der Waals surface area contributed by atoms with Crippen LogP contribution in [0.25, 0.3) is 11.0 Å². The van der Waals surface area contributed by atoms with E-state index in [2.05, 4.69) is 42.9 Å². The number of hydrogen-bond acceptors (Lipinski definition) is 6. The van der Waals surface area contributed by atoms with Gasteiger partial charge in [0.25, 0.3) is 0 Å². The number of nitrogens with zero attached hydrogens (tertiary/aromatic N) is 3. The van der Waals surface area contributed by atoms with Crippen LogP contribution in [-0.2, 0) is 0 Å². The molecule has 0 aliphatic carbocycles. The fraction of sp³-hybridized carbons (Fsp3) is 0. The van der Waals surface area contributed by atoms with Crippen molar-refractivity contribution in [2.75, 3.05) is 5.32 Å². The molecule has 0 aliphatic rings. The van der Waals surface area contributed by atoms with Crippen LogP contribution in [0.1, 0.15) is 0 Å². The van der Waals surface area contributed by atoms with Crippen LogP contribution in [0.2, 0.25) is 0 Å². The van der Waals surface area contributed by atoms with E-state index in [1.807, 2.05) is 24.3 Å². The highest BCUT2D eigenvalue weighted by atomic mass is 127. The third kappa shape index (κ3) is 2.29. The zero-order valence-corrected chi connectivity index (χ0v) is 12.1. The first-order valence-corrected chi connectivity index (χ1v) is 6.65. The fourth-order valence-corrected chi connectivity index (χ4v) is 2.15. The molecule has 2 aromatic carbocycles. The van der Waals surface area contributed by atoms with Crippen molar-refractivity contribution in [3.05, 3.63) is 50.1 Å². The molecule has 3 aromatic rings. The molecule has 0 saturated heterocycles. The largest absolute Gasteiger partial charge is 0.354 e. The van der Waals surface area contributed by atoms with Gasteiger partial charge < -0.3 is 5.32 Å². The van der Waals surface area contributed by atoms with E-state index < -0.39 is 4.92 Å². The van der Waals surface area contributed by atoms with Gasteiger partial charge in [-0.05, 0) is 63.2 Å². The molecule has 1 aromatic heterocycles. The minimum Gasteiger partial charge on any atom is -0.354 e. The second-order valence-electron chi connectivity index (χ2n) is 3.98. The van der Waals surface area contributed by atoms with Gasteiger partial charge in [-0.1, -0.05) is 0 Å². The quantitative estimate of drug-likeness (QED) is 0.424. The lowest BCUT2D eigenvalue weighted by Gasteiger charge is -2.06. The molecule has 0 aliphatic heterocycles. The van der Waals surface area contributed by atoms with Crippen molar-refractivity contribution in [3.63, 3.8) is 0 Å². The predicted octanol–water partition coefficient (Wildman–Crippen LogP) is 3.48. The summed E-state index contributed by atoms with van der Waals surface area (Å²) < 4.78 is 5.72. The van der Waals surface area contributed by atoms with Gasteiger partial charge in [-0.15, -0.1) is 0 Å². The molecule has 0 bridgehead atoms. The van der Waals surface area contributed by atoms with Gasteiger partial charge >= 0.3 is 5.69 Å². The lowest BCUT2D eigenvalue weighted by atomic mass is 10.2. The van der Waals surface area contributed by atoms with Crippen LogP contribution in [0, 0.1) is 13.7 Å². The number of anilines is 2. The lowest BCUT2D eigenvalue weighted by molar-refractivity contribution is -0.383. The first kappa shape index (κ1) is 12.8. The lowest BCUT2D eigenvalue weighted by Crippen LogP contribution is -1.94. The predicted molar refractivity (Wildman–Crippen MR) is 80.9 cm³/mol. The Balaban J connectivity index is 2.04. The normalized spacial score (nSPS) is 10.7. The van der Waals surface area contributed by atoms with E-state index in [9.17, 15) is 10.1 Å². The number of fused-ring (bicyclic) bond motifs is 1. The van der Waals surface area contributed by atoms with Crippen LogP contribution in [0.4, 0.5) is 17.1 Å². The van der Waals surface area contributed by atoms with E-state index >= 15 is 0 Å². The van der Waals surface area contributed by atoms with Crippen LogP contribution < -0.4 is 5.32 Å². The average molecular weight is 382 g/mol. The van der Waals surface area contributed by atoms with E-state index in [1.165, 1.54) is 6.07 Å². The van der Waals surface area contributed by atoms with Crippen LogP contribution in [0.3, 0.4) is 0 Å². The maximum absolute atomic E-state index is 10.9. The molecule has 1 N–H and O–H groups in total. The molecule has 0 radical (unpaired) electrons. The van der Waals surface area contributed by atoms with Crippen molar-refractivity contribution < 1.29 is 9.55 Å². The number of benzene rings is 2. The van der Waals surface area contributed by atoms with Gasteiger partial charge in [0.1, 0.15) is 0 Å². The highest BCUT2D eigenvalue weighted by Crippen LogP contribution is 2.30. The molecule has 3 rings (SSSR count). The molecule has 100 valence electrons. The van der Waals surface area contributed by atoms with Crippen molar-refractivity contribution in [3.8, 4) is 0 Å². The number of nitro benzene ring substituents is 1. The smallest absolute Gasteiger partial charge is 0.300 e. The van der Waals surface area contributed by atoms with E-state index in [4.69, 9.17) is 0 Å². The number of hydrogen-bond donors (Lipinski definition) is 1. The molecular weight excluding hydrogens is 375 g/mol. The molecule has 0 unspecified atom stereocenters. The average Bonchev–Trinajstić information content (AvgIpc) is 2.91. The van der Waals surface area contributed by atoms with Gasteiger partial charge in [0.15, 0.2) is 5.52 Å². The van der Waals surface area contributed by atoms with E-state index in [0.717, 1.165) is 9.26 Å². The summed E-state index contributed by atoms with van der Waals surface area (Å²) in [5.41, 5.74) is 1.79. The molecule has 20 heavy (non-hydrogen) atoms. The topological polar surface area (TPSA) is 94.1 Å². The zero-order chi connectivity index (χ0) is 14.1. The zero-order valence-electron chi connectivity index (χ0n) is 9.91. The van der Waals surface area contributed by atoms with Gasteiger partial charge in [0, 0.05) is 15.3 Å². The fourth-order valence-electron chi connectivity index (χ4n) is 1.79. The van der Waals surface area contributed by atoms with E-state index in [-0.39, 0.29) is 11.2 Å². The van der Waals surface area contributed by atoms with Crippen LogP contribution in [0.15, 0.2) is 41.0 Å². The molecule has 0 amide bonds. The molecule has 0 atom stereocenters. The summed E-state index contributed by atoms with van der Waals surface area (Å²) in [7, 11) is 0. The Hall–Kier alpha value is -2.23. The Labute approximate surface area is 126 Å². The molecule has 0 saturated carbocycles. The maximum atomic E-state index is 10.9. The van der Waals surface area contributed by atoms with Crippen LogP contribution >= 0.6 is 22.6 Å². The summed E-state index contributed by atoms with van der Waals surface area (Å²) >= 11 is 2.21. The number of nitrogens with one attached hydrogen (secondary N) is 1. The number of halogens is 1. The van der Waals surface area contributed by atoms with Crippen molar-refractivity contribution in [2.45, 2.75) is 0 Å². The van der Waals surface area contributed by atoms with E-state index in [1.54, 1.807) is 6.07 Å². The highest BCUT2D eigenvalue weighted by molar-refractivity contribution is 14.1.